The molecule has 0 unspecified atom stereocenters. The van der Waals surface area contributed by atoms with Gasteiger partial charge in [-0.25, -0.2) is 13.2 Å². The lowest BCUT2D eigenvalue weighted by atomic mass is 10.00. The lowest BCUT2D eigenvalue weighted by Crippen LogP contribution is -2.47. The van der Waals surface area contributed by atoms with E-state index in [1.165, 1.54) is 23.0 Å². The maximum atomic E-state index is 13.2. The van der Waals surface area contributed by atoms with Crippen LogP contribution in [0.3, 0.4) is 0 Å². The zero-order valence-corrected chi connectivity index (χ0v) is 18.6. The van der Waals surface area contributed by atoms with Crippen LogP contribution in [0.25, 0.3) is 0 Å². The first-order chi connectivity index (χ1) is 14.9. The lowest BCUT2D eigenvalue weighted by molar-refractivity contribution is 0.119. The molecule has 0 bridgehead atoms. The van der Waals surface area contributed by atoms with Gasteiger partial charge < -0.3 is 9.47 Å². The minimum absolute atomic E-state index is 0.0614. The van der Waals surface area contributed by atoms with E-state index in [1.807, 2.05) is 17.0 Å². The third-order valence-electron chi connectivity index (χ3n) is 6.47. The molecule has 7 nitrogen and oxygen atoms in total. The minimum Gasteiger partial charge on any atom is -0.495 e. The fourth-order valence-electron chi connectivity index (χ4n) is 5.00. The van der Waals surface area contributed by atoms with Crippen LogP contribution in [0.5, 0.6) is 5.75 Å². The summed E-state index contributed by atoms with van der Waals surface area (Å²) in [6, 6.07) is 12.5. The van der Waals surface area contributed by atoms with Gasteiger partial charge in [-0.05, 0) is 42.2 Å². The van der Waals surface area contributed by atoms with Crippen LogP contribution in [-0.4, -0.2) is 56.1 Å². The Hall–Kier alpha value is -2.29. The zero-order chi connectivity index (χ0) is 21.8. The molecular weight excluding hydrogens is 440 g/mol. The van der Waals surface area contributed by atoms with Crippen molar-refractivity contribution in [2.45, 2.75) is 42.3 Å². The Morgan fingerprint density at radius 3 is 2.61 bits per heavy atom. The summed E-state index contributed by atoms with van der Waals surface area (Å²) in [6.07, 6.45) is 1.35. The molecule has 2 atom stereocenters. The highest BCUT2D eigenvalue weighted by Crippen LogP contribution is 2.45. The van der Waals surface area contributed by atoms with Crippen molar-refractivity contribution < 1.29 is 22.7 Å². The maximum absolute atomic E-state index is 13.2. The van der Waals surface area contributed by atoms with Gasteiger partial charge in [0.25, 0.3) is 0 Å². The molecule has 5 rings (SSSR count). The van der Waals surface area contributed by atoms with Crippen molar-refractivity contribution in [2.75, 3.05) is 20.2 Å². The smallest absolute Gasteiger partial charge is 0.411 e. The number of piperidine rings is 1. The van der Waals surface area contributed by atoms with Crippen molar-refractivity contribution in [1.29, 1.82) is 0 Å². The summed E-state index contributed by atoms with van der Waals surface area (Å²) in [6.45, 7) is 0.622. The van der Waals surface area contributed by atoms with Crippen molar-refractivity contribution in [3.8, 4) is 5.75 Å². The average molecular weight is 463 g/mol. The van der Waals surface area contributed by atoms with E-state index in [9.17, 15) is 13.2 Å². The highest BCUT2D eigenvalue weighted by Gasteiger charge is 2.50. The fourth-order valence-corrected chi connectivity index (χ4v) is 6.89. The standard InChI is InChI=1S/C22H23ClN2O5S/c1-29-18-7-6-15(23)13-20(18)31(27,28)24-10-8-16(9-11-24)25-21-17-5-3-2-4-14(17)12-19(21)30-22(25)26/h2-7,13,16,19,21H,8-12H2,1H3/t19-,21+/m0/s1. The van der Waals surface area contributed by atoms with Crippen LogP contribution >= 0.6 is 11.6 Å². The Balaban J connectivity index is 1.35. The highest BCUT2D eigenvalue weighted by atomic mass is 35.5. The zero-order valence-electron chi connectivity index (χ0n) is 17.0. The summed E-state index contributed by atoms with van der Waals surface area (Å²) >= 11 is 6.04. The lowest BCUT2D eigenvalue weighted by Gasteiger charge is -2.37. The van der Waals surface area contributed by atoms with Crippen LogP contribution in [0.2, 0.25) is 5.02 Å². The first-order valence-electron chi connectivity index (χ1n) is 10.3. The minimum atomic E-state index is -3.76. The molecule has 2 saturated heterocycles. The van der Waals surface area contributed by atoms with Crippen LogP contribution < -0.4 is 4.74 Å². The topological polar surface area (TPSA) is 76.2 Å². The van der Waals surface area contributed by atoms with Gasteiger partial charge in [0.15, 0.2) is 0 Å². The van der Waals surface area contributed by atoms with Gasteiger partial charge in [0.1, 0.15) is 16.7 Å². The van der Waals surface area contributed by atoms with Crippen molar-refractivity contribution in [1.82, 2.24) is 9.21 Å². The highest BCUT2D eigenvalue weighted by molar-refractivity contribution is 7.89. The van der Waals surface area contributed by atoms with E-state index in [2.05, 4.69) is 12.1 Å². The number of methoxy groups -OCH3 is 1. The molecule has 1 aliphatic carbocycles. The molecule has 2 aromatic carbocycles. The van der Waals surface area contributed by atoms with Gasteiger partial charge in [-0.1, -0.05) is 35.9 Å². The van der Waals surface area contributed by atoms with Crippen LogP contribution in [-0.2, 0) is 21.2 Å². The first-order valence-corrected chi connectivity index (χ1v) is 12.1. The normalized spacial score (nSPS) is 24.1. The van der Waals surface area contributed by atoms with Gasteiger partial charge in [-0.3, -0.25) is 4.90 Å². The molecule has 1 amide bonds. The Morgan fingerprint density at radius 1 is 1.13 bits per heavy atom. The molecule has 9 heteroatoms. The third kappa shape index (κ3) is 3.37. The molecule has 2 aliphatic heterocycles. The number of ether oxygens (including phenoxy) is 2. The Kier molecular flexibility index (Phi) is 5.11. The molecule has 0 spiro atoms. The number of carbonyl (C=O) groups excluding carboxylic acids is 1. The van der Waals surface area contributed by atoms with E-state index in [0.717, 1.165) is 12.0 Å². The molecule has 2 heterocycles. The number of fused-ring (bicyclic) bond motifs is 3. The predicted molar refractivity (Wildman–Crippen MR) is 115 cm³/mol. The van der Waals surface area contributed by atoms with Gasteiger partial charge >= 0.3 is 6.09 Å². The molecule has 0 N–H and O–H groups in total. The summed E-state index contributed by atoms with van der Waals surface area (Å²) in [7, 11) is -2.33. The van der Waals surface area contributed by atoms with Crippen molar-refractivity contribution in [2.24, 2.45) is 0 Å². The van der Waals surface area contributed by atoms with E-state index >= 15 is 0 Å². The van der Waals surface area contributed by atoms with Gasteiger partial charge in [0, 0.05) is 30.6 Å². The van der Waals surface area contributed by atoms with Crippen LogP contribution in [0.1, 0.15) is 30.0 Å². The summed E-state index contributed by atoms with van der Waals surface area (Å²) in [5.74, 6) is 0.264. The number of nitrogens with zero attached hydrogens (tertiary/aromatic N) is 2. The van der Waals surface area contributed by atoms with E-state index in [1.54, 1.807) is 12.1 Å². The molecular formula is C22H23ClN2O5S. The number of hydrogen-bond donors (Lipinski definition) is 0. The quantitative estimate of drug-likeness (QED) is 0.693. The number of carbonyl (C=O) groups is 1. The predicted octanol–water partition coefficient (Wildman–Crippen LogP) is 3.62. The molecule has 164 valence electrons. The molecule has 31 heavy (non-hydrogen) atoms. The van der Waals surface area contributed by atoms with E-state index in [4.69, 9.17) is 21.1 Å². The summed E-state index contributed by atoms with van der Waals surface area (Å²) in [5.41, 5.74) is 2.35. The molecule has 0 aromatic heterocycles. The average Bonchev–Trinajstić information content (AvgIpc) is 3.28. The number of sulfonamides is 1. The molecule has 2 fully saturated rings. The summed E-state index contributed by atoms with van der Waals surface area (Å²) in [4.78, 5) is 14.6. The number of rotatable bonds is 4. The fraction of sp³-hybridized carbons (Fsp3) is 0.409. The van der Waals surface area contributed by atoms with Gasteiger partial charge in [-0.15, -0.1) is 0 Å². The Morgan fingerprint density at radius 2 is 1.87 bits per heavy atom. The Bertz CT molecular complexity index is 1130. The van der Waals surface area contributed by atoms with E-state index < -0.39 is 10.0 Å². The van der Waals surface area contributed by atoms with Gasteiger partial charge in [0.2, 0.25) is 10.0 Å². The summed E-state index contributed by atoms with van der Waals surface area (Å²) < 4.78 is 38.8. The number of halogens is 1. The second kappa shape index (κ2) is 7.69. The molecule has 0 saturated carbocycles. The monoisotopic (exact) mass is 462 g/mol. The van der Waals surface area contributed by atoms with Gasteiger partial charge in [0.05, 0.1) is 13.2 Å². The van der Waals surface area contributed by atoms with Crippen molar-refractivity contribution in [3.05, 3.63) is 58.6 Å². The van der Waals surface area contributed by atoms with Crippen LogP contribution in [0.4, 0.5) is 4.79 Å². The van der Waals surface area contributed by atoms with Crippen LogP contribution in [0.15, 0.2) is 47.4 Å². The summed E-state index contributed by atoms with van der Waals surface area (Å²) in [5, 5.41) is 0.333. The van der Waals surface area contributed by atoms with Crippen molar-refractivity contribution >= 4 is 27.7 Å². The second-order valence-corrected chi connectivity index (χ2v) is 10.5. The van der Waals surface area contributed by atoms with Crippen LogP contribution in [0, 0.1) is 0 Å². The molecule has 2 aromatic rings. The SMILES string of the molecule is COc1ccc(Cl)cc1S(=O)(=O)N1CCC(N2C(=O)O[C@H]3Cc4ccccc4[C@H]32)CC1. The van der Waals surface area contributed by atoms with Gasteiger partial charge in [-0.2, -0.15) is 4.31 Å². The maximum Gasteiger partial charge on any atom is 0.411 e. The largest absolute Gasteiger partial charge is 0.495 e. The number of benzene rings is 2. The first kappa shape index (κ1) is 20.6. The number of hydrogen-bond acceptors (Lipinski definition) is 5. The van der Waals surface area contributed by atoms with Crippen molar-refractivity contribution in [3.63, 3.8) is 0 Å². The second-order valence-electron chi connectivity index (χ2n) is 8.11. The van der Waals surface area contributed by atoms with E-state index in [0.29, 0.717) is 31.0 Å². The van der Waals surface area contributed by atoms with E-state index in [-0.39, 0.29) is 34.9 Å². The third-order valence-corrected chi connectivity index (χ3v) is 8.62. The molecule has 0 radical (unpaired) electrons. The Labute approximate surface area is 186 Å². The molecule has 3 aliphatic rings. The number of amides is 1.